The van der Waals surface area contributed by atoms with Crippen LogP contribution in [0.15, 0.2) is 72.9 Å². The first-order valence-electron chi connectivity index (χ1n) is 10.9. The van der Waals surface area contributed by atoms with Crippen LogP contribution in [-0.2, 0) is 24.4 Å². The SMILES string of the molecule is COc1cc(CN[C@H](Cc2c[nH]c3ccccc23)C(=O)O)ccc1OCc1cccc(C)c1. The average molecular weight is 445 g/mol. The maximum absolute atomic E-state index is 11.9. The van der Waals surface area contributed by atoms with Gasteiger partial charge >= 0.3 is 5.97 Å². The van der Waals surface area contributed by atoms with Gasteiger partial charge in [-0.3, -0.25) is 4.79 Å². The number of aliphatic carboxylic acids is 1. The number of hydrogen-bond acceptors (Lipinski definition) is 4. The van der Waals surface area contributed by atoms with Crippen molar-refractivity contribution in [1.82, 2.24) is 10.3 Å². The van der Waals surface area contributed by atoms with Crippen LogP contribution in [0.1, 0.15) is 22.3 Å². The lowest BCUT2D eigenvalue weighted by molar-refractivity contribution is -0.139. The smallest absolute Gasteiger partial charge is 0.321 e. The minimum atomic E-state index is -0.884. The van der Waals surface area contributed by atoms with E-state index in [9.17, 15) is 9.90 Å². The third-order valence-electron chi connectivity index (χ3n) is 5.65. The second-order valence-electron chi connectivity index (χ2n) is 8.10. The number of fused-ring (bicyclic) bond motifs is 1. The fraction of sp³-hybridized carbons (Fsp3) is 0.222. The largest absolute Gasteiger partial charge is 0.493 e. The van der Waals surface area contributed by atoms with E-state index in [2.05, 4.69) is 29.4 Å². The molecule has 0 aliphatic carbocycles. The van der Waals surface area contributed by atoms with E-state index < -0.39 is 12.0 Å². The number of aromatic amines is 1. The number of para-hydroxylation sites is 1. The van der Waals surface area contributed by atoms with Gasteiger partial charge in [-0.25, -0.2) is 0 Å². The lowest BCUT2D eigenvalue weighted by Crippen LogP contribution is -2.38. The number of aromatic nitrogens is 1. The molecule has 0 fully saturated rings. The third kappa shape index (κ3) is 5.54. The van der Waals surface area contributed by atoms with E-state index >= 15 is 0 Å². The molecule has 0 amide bonds. The van der Waals surface area contributed by atoms with E-state index in [-0.39, 0.29) is 0 Å². The summed E-state index contributed by atoms with van der Waals surface area (Å²) < 4.78 is 11.5. The first-order chi connectivity index (χ1) is 16.0. The predicted octanol–water partition coefficient (Wildman–Crippen LogP) is 4.85. The van der Waals surface area contributed by atoms with E-state index in [0.29, 0.717) is 31.1 Å². The molecule has 0 aliphatic heterocycles. The van der Waals surface area contributed by atoms with Gasteiger partial charge in [-0.05, 0) is 41.8 Å². The van der Waals surface area contributed by atoms with Gasteiger partial charge in [0.25, 0.3) is 0 Å². The molecule has 4 aromatic rings. The standard InChI is InChI=1S/C27H28N2O4/c1-18-6-5-7-20(12-18)17-33-25-11-10-19(13-26(25)32-2)15-28-24(27(30)31)14-21-16-29-23-9-4-3-8-22(21)23/h3-13,16,24,28-29H,14-15,17H2,1-2H3,(H,30,31)/t24-/m1/s1. The zero-order valence-electron chi connectivity index (χ0n) is 18.8. The number of methoxy groups -OCH3 is 1. The summed E-state index contributed by atoms with van der Waals surface area (Å²) in [7, 11) is 1.60. The highest BCUT2D eigenvalue weighted by Gasteiger charge is 2.19. The van der Waals surface area contributed by atoms with Crippen molar-refractivity contribution in [2.45, 2.75) is 32.5 Å². The van der Waals surface area contributed by atoms with Crippen LogP contribution in [0.25, 0.3) is 10.9 Å². The summed E-state index contributed by atoms with van der Waals surface area (Å²) in [6.45, 7) is 2.89. The molecule has 4 rings (SSSR count). The molecular formula is C27H28N2O4. The predicted molar refractivity (Wildman–Crippen MR) is 129 cm³/mol. The Labute approximate surface area is 193 Å². The van der Waals surface area contributed by atoms with Crippen molar-refractivity contribution >= 4 is 16.9 Å². The second kappa shape index (κ2) is 10.2. The van der Waals surface area contributed by atoms with Crippen molar-refractivity contribution in [2.75, 3.05) is 7.11 Å². The van der Waals surface area contributed by atoms with Crippen molar-refractivity contribution in [2.24, 2.45) is 0 Å². The molecule has 3 aromatic carbocycles. The number of hydrogen-bond donors (Lipinski definition) is 3. The first-order valence-corrected chi connectivity index (χ1v) is 10.9. The molecule has 0 aliphatic rings. The molecule has 1 aromatic heterocycles. The summed E-state index contributed by atoms with van der Waals surface area (Å²) in [5, 5.41) is 14.0. The number of benzene rings is 3. The molecule has 0 radical (unpaired) electrons. The van der Waals surface area contributed by atoms with Gasteiger partial charge in [0.1, 0.15) is 12.6 Å². The second-order valence-corrected chi connectivity index (χ2v) is 8.10. The lowest BCUT2D eigenvalue weighted by atomic mass is 10.0. The Morgan fingerprint density at radius 2 is 1.88 bits per heavy atom. The number of carbonyl (C=O) groups is 1. The van der Waals surface area contributed by atoms with Crippen LogP contribution >= 0.6 is 0 Å². The molecule has 6 heteroatoms. The van der Waals surface area contributed by atoms with Gasteiger partial charge in [0.05, 0.1) is 7.11 Å². The van der Waals surface area contributed by atoms with Crippen LogP contribution < -0.4 is 14.8 Å². The molecular weight excluding hydrogens is 416 g/mol. The molecule has 0 spiro atoms. The van der Waals surface area contributed by atoms with Crippen molar-refractivity contribution in [3.63, 3.8) is 0 Å². The van der Waals surface area contributed by atoms with Gasteiger partial charge in [-0.1, -0.05) is 54.1 Å². The minimum absolute atomic E-state index is 0.383. The average Bonchev–Trinajstić information content (AvgIpc) is 3.23. The van der Waals surface area contributed by atoms with E-state index in [0.717, 1.165) is 27.6 Å². The molecule has 33 heavy (non-hydrogen) atoms. The van der Waals surface area contributed by atoms with Gasteiger partial charge in [-0.15, -0.1) is 0 Å². The number of nitrogens with one attached hydrogen (secondary N) is 2. The summed E-state index contributed by atoms with van der Waals surface area (Å²) in [5.41, 5.74) is 5.17. The van der Waals surface area contributed by atoms with Crippen molar-refractivity contribution in [3.05, 3.63) is 95.2 Å². The monoisotopic (exact) mass is 444 g/mol. The topological polar surface area (TPSA) is 83.6 Å². The summed E-state index contributed by atoms with van der Waals surface area (Å²) in [6.07, 6.45) is 2.26. The Morgan fingerprint density at radius 3 is 2.67 bits per heavy atom. The van der Waals surface area contributed by atoms with Gasteiger partial charge in [0.2, 0.25) is 0 Å². The molecule has 0 bridgehead atoms. The fourth-order valence-corrected chi connectivity index (χ4v) is 3.91. The van der Waals surface area contributed by atoms with Gasteiger partial charge in [-0.2, -0.15) is 0 Å². The molecule has 6 nitrogen and oxygen atoms in total. The Bertz CT molecular complexity index is 1250. The van der Waals surface area contributed by atoms with E-state index in [1.54, 1.807) is 7.11 Å². The van der Waals surface area contributed by atoms with Crippen LogP contribution in [0.3, 0.4) is 0 Å². The Balaban J connectivity index is 1.41. The summed E-state index contributed by atoms with van der Waals surface area (Å²) in [4.78, 5) is 15.1. The number of aryl methyl sites for hydroxylation is 1. The Hall–Kier alpha value is -3.77. The quantitative estimate of drug-likeness (QED) is 0.326. The maximum atomic E-state index is 11.9. The summed E-state index contributed by atoms with van der Waals surface area (Å²) in [6, 6.07) is 21.0. The number of carboxylic acid groups (broad SMARTS) is 1. The zero-order valence-corrected chi connectivity index (χ0v) is 18.8. The summed E-state index contributed by atoms with van der Waals surface area (Å²) >= 11 is 0. The first kappa shape index (κ1) is 22.4. The highest BCUT2D eigenvalue weighted by molar-refractivity contribution is 5.84. The molecule has 170 valence electrons. The number of rotatable bonds is 10. The highest BCUT2D eigenvalue weighted by Crippen LogP contribution is 2.29. The van der Waals surface area contributed by atoms with Crippen molar-refractivity contribution in [3.8, 4) is 11.5 Å². The van der Waals surface area contributed by atoms with Crippen LogP contribution in [0, 0.1) is 6.92 Å². The molecule has 1 atom stereocenters. The molecule has 0 unspecified atom stereocenters. The van der Waals surface area contributed by atoms with Gasteiger partial charge in [0.15, 0.2) is 11.5 Å². The van der Waals surface area contributed by atoms with Crippen LogP contribution in [-0.4, -0.2) is 29.2 Å². The Kier molecular flexibility index (Phi) is 6.95. The van der Waals surface area contributed by atoms with Crippen LogP contribution in [0.5, 0.6) is 11.5 Å². The van der Waals surface area contributed by atoms with Crippen LogP contribution in [0.4, 0.5) is 0 Å². The van der Waals surface area contributed by atoms with Crippen molar-refractivity contribution < 1.29 is 19.4 Å². The fourth-order valence-electron chi connectivity index (χ4n) is 3.91. The maximum Gasteiger partial charge on any atom is 0.321 e. The summed E-state index contributed by atoms with van der Waals surface area (Å²) in [5.74, 6) is 0.382. The highest BCUT2D eigenvalue weighted by atomic mass is 16.5. The van der Waals surface area contributed by atoms with E-state index in [4.69, 9.17) is 9.47 Å². The third-order valence-corrected chi connectivity index (χ3v) is 5.65. The lowest BCUT2D eigenvalue weighted by Gasteiger charge is -2.16. The molecule has 0 saturated carbocycles. The van der Waals surface area contributed by atoms with E-state index in [1.165, 1.54) is 5.56 Å². The molecule has 1 heterocycles. The molecule has 0 saturated heterocycles. The van der Waals surface area contributed by atoms with Crippen LogP contribution in [0.2, 0.25) is 0 Å². The normalized spacial score (nSPS) is 11.9. The van der Waals surface area contributed by atoms with E-state index in [1.807, 2.05) is 60.8 Å². The zero-order chi connectivity index (χ0) is 23.2. The number of ether oxygens (including phenoxy) is 2. The number of carboxylic acids is 1. The molecule has 3 N–H and O–H groups in total. The van der Waals surface area contributed by atoms with Crippen molar-refractivity contribution in [1.29, 1.82) is 0 Å². The Morgan fingerprint density at radius 1 is 1.03 bits per heavy atom. The number of H-pyrrole nitrogens is 1. The minimum Gasteiger partial charge on any atom is -0.493 e. The van der Waals surface area contributed by atoms with Gasteiger partial charge < -0.3 is 24.9 Å². The van der Waals surface area contributed by atoms with Gasteiger partial charge in [0, 0.05) is 30.1 Å².